The van der Waals surface area contributed by atoms with Crippen LogP contribution in [0.3, 0.4) is 0 Å². The maximum absolute atomic E-state index is 12.8. The predicted octanol–water partition coefficient (Wildman–Crippen LogP) is 5.34. The molecular formula is C18H20ClF3NO3PS. The van der Waals surface area contributed by atoms with Crippen molar-refractivity contribution in [2.45, 2.75) is 41.3 Å². The van der Waals surface area contributed by atoms with Crippen molar-refractivity contribution in [3.8, 4) is 0 Å². The second-order valence-electron chi connectivity index (χ2n) is 6.86. The Labute approximate surface area is 170 Å². The highest BCUT2D eigenvalue weighted by Gasteiger charge is 2.30. The van der Waals surface area contributed by atoms with Crippen LogP contribution < -0.4 is 5.73 Å². The van der Waals surface area contributed by atoms with Gasteiger partial charge in [-0.05, 0) is 55.7 Å². The summed E-state index contributed by atoms with van der Waals surface area (Å²) in [6.45, 7) is 1.57. The summed E-state index contributed by atoms with van der Waals surface area (Å²) >= 11 is 7.43. The molecule has 4 nitrogen and oxygen atoms in total. The molecule has 0 heterocycles. The molecule has 0 radical (unpaired) electrons. The van der Waals surface area contributed by atoms with Crippen molar-refractivity contribution in [3.63, 3.8) is 0 Å². The van der Waals surface area contributed by atoms with Crippen LogP contribution in [0, 0.1) is 0 Å². The zero-order chi connectivity index (χ0) is 21.2. The van der Waals surface area contributed by atoms with Crippen LogP contribution in [0.25, 0.3) is 0 Å². The number of rotatable bonds is 7. The standard InChI is InChI=1S/C18H20ClF3NO3PS/c1-17(23,11-27(24,25)26)8-7-12-5-6-15(10-16(12)19)28-14-4-2-3-13(9-14)18(20,21)22/h2-6,9-10H,7-8,11,23H2,1H3,(H2,24,25,26)/t17-/m1/s1. The topological polar surface area (TPSA) is 83.6 Å². The van der Waals surface area contributed by atoms with Gasteiger partial charge in [-0.15, -0.1) is 0 Å². The lowest BCUT2D eigenvalue weighted by Crippen LogP contribution is -2.40. The van der Waals surface area contributed by atoms with E-state index in [1.165, 1.54) is 6.07 Å². The van der Waals surface area contributed by atoms with Crippen molar-refractivity contribution in [1.29, 1.82) is 0 Å². The molecule has 0 spiro atoms. The van der Waals surface area contributed by atoms with E-state index in [1.807, 2.05) is 0 Å². The van der Waals surface area contributed by atoms with E-state index in [4.69, 9.17) is 27.1 Å². The molecule has 154 valence electrons. The van der Waals surface area contributed by atoms with E-state index >= 15 is 0 Å². The molecule has 2 rings (SSSR count). The highest BCUT2D eigenvalue weighted by Crippen LogP contribution is 2.39. The van der Waals surface area contributed by atoms with Gasteiger partial charge in [0.2, 0.25) is 0 Å². The number of hydrogen-bond acceptors (Lipinski definition) is 3. The largest absolute Gasteiger partial charge is 0.416 e. The molecule has 0 fully saturated rings. The Morgan fingerprint density at radius 1 is 1.14 bits per heavy atom. The van der Waals surface area contributed by atoms with Crippen molar-refractivity contribution in [1.82, 2.24) is 0 Å². The van der Waals surface area contributed by atoms with Gasteiger partial charge in [0.15, 0.2) is 0 Å². The number of benzene rings is 2. The first-order valence-corrected chi connectivity index (χ1v) is 11.2. The third kappa shape index (κ3) is 7.43. The van der Waals surface area contributed by atoms with Gasteiger partial charge < -0.3 is 15.5 Å². The van der Waals surface area contributed by atoms with Gasteiger partial charge >= 0.3 is 13.8 Å². The summed E-state index contributed by atoms with van der Waals surface area (Å²) in [6.07, 6.45) is -4.10. The van der Waals surface area contributed by atoms with Gasteiger partial charge in [0.1, 0.15) is 0 Å². The molecule has 0 bridgehead atoms. The first-order valence-electron chi connectivity index (χ1n) is 8.22. The molecule has 2 aromatic carbocycles. The van der Waals surface area contributed by atoms with Crippen LogP contribution in [0.4, 0.5) is 13.2 Å². The van der Waals surface area contributed by atoms with Crippen LogP contribution in [-0.2, 0) is 17.2 Å². The lowest BCUT2D eigenvalue weighted by atomic mass is 9.96. The van der Waals surface area contributed by atoms with E-state index < -0.39 is 31.0 Å². The first-order chi connectivity index (χ1) is 12.8. The van der Waals surface area contributed by atoms with Gasteiger partial charge in [-0.25, -0.2) is 0 Å². The van der Waals surface area contributed by atoms with Gasteiger partial charge in [0.25, 0.3) is 0 Å². The van der Waals surface area contributed by atoms with E-state index in [0.717, 1.165) is 29.5 Å². The van der Waals surface area contributed by atoms with Gasteiger partial charge in [0.05, 0.1) is 11.7 Å². The van der Waals surface area contributed by atoms with Crippen LogP contribution in [-0.4, -0.2) is 21.5 Å². The summed E-state index contributed by atoms with van der Waals surface area (Å²) in [5.41, 5.74) is 4.94. The second kappa shape index (κ2) is 8.78. The molecule has 2 aromatic rings. The van der Waals surface area contributed by atoms with E-state index in [0.29, 0.717) is 27.7 Å². The monoisotopic (exact) mass is 453 g/mol. The number of alkyl halides is 3. The van der Waals surface area contributed by atoms with Gasteiger partial charge in [-0.3, -0.25) is 4.57 Å². The molecule has 0 aromatic heterocycles. The number of nitrogens with two attached hydrogens (primary N) is 1. The number of aryl methyl sites for hydroxylation is 1. The number of halogens is 4. The van der Waals surface area contributed by atoms with Crippen LogP contribution in [0.1, 0.15) is 24.5 Å². The predicted molar refractivity (Wildman–Crippen MR) is 105 cm³/mol. The average molecular weight is 454 g/mol. The molecular weight excluding hydrogens is 434 g/mol. The van der Waals surface area contributed by atoms with Crippen LogP contribution >= 0.6 is 31.0 Å². The van der Waals surface area contributed by atoms with Gasteiger partial charge in [0, 0.05) is 20.4 Å². The first kappa shape index (κ1) is 23.3. The summed E-state index contributed by atoms with van der Waals surface area (Å²) < 4.78 is 49.6. The fourth-order valence-electron chi connectivity index (χ4n) is 2.64. The molecule has 0 aliphatic heterocycles. The lowest BCUT2D eigenvalue weighted by molar-refractivity contribution is -0.137. The van der Waals surface area contributed by atoms with Crippen molar-refractivity contribution < 1.29 is 27.5 Å². The maximum Gasteiger partial charge on any atom is 0.416 e. The highest BCUT2D eigenvalue weighted by molar-refractivity contribution is 7.99. The normalized spacial score (nSPS) is 14.7. The number of hydrogen-bond donors (Lipinski definition) is 3. The van der Waals surface area contributed by atoms with Crippen molar-refractivity contribution in [2.24, 2.45) is 5.73 Å². The fraction of sp³-hybridized carbons (Fsp3) is 0.333. The van der Waals surface area contributed by atoms with Crippen molar-refractivity contribution >= 4 is 31.0 Å². The Hall–Kier alpha value is -1.02. The van der Waals surface area contributed by atoms with Gasteiger partial charge in [-0.2, -0.15) is 13.2 Å². The molecule has 0 aliphatic carbocycles. The molecule has 0 saturated heterocycles. The van der Waals surface area contributed by atoms with Gasteiger partial charge in [-0.1, -0.05) is 35.5 Å². The summed E-state index contributed by atoms with van der Waals surface area (Å²) in [5, 5.41) is 0.420. The Bertz CT molecular complexity index is 887. The second-order valence-corrected chi connectivity index (χ2v) is 10.1. The molecule has 4 N–H and O–H groups in total. The summed E-state index contributed by atoms with van der Waals surface area (Å²) in [6, 6.07) is 10.2. The average Bonchev–Trinajstić information content (AvgIpc) is 2.51. The minimum Gasteiger partial charge on any atom is -0.325 e. The Kier molecular flexibility index (Phi) is 7.29. The third-order valence-corrected chi connectivity index (χ3v) is 6.42. The van der Waals surface area contributed by atoms with E-state index in [1.54, 1.807) is 31.2 Å². The highest BCUT2D eigenvalue weighted by atomic mass is 35.5. The smallest absolute Gasteiger partial charge is 0.325 e. The minimum absolute atomic E-state index is 0.317. The van der Waals surface area contributed by atoms with Crippen molar-refractivity contribution in [2.75, 3.05) is 6.16 Å². The molecule has 0 amide bonds. The van der Waals surface area contributed by atoms with E-state index in [2.05, 4.69) is 0 Å². The summed E-state index contributed by atoms with van der Waals surface area (Å²) in [7, 11) is -4.22. The van der Waals surface area contributed by atoms with Crippen LogP contribution in [0.5, 0.6) is 0 Å². The Morgan fingerprint density at radius 2 is 1.79 bits per heavy atom. The van der Waals surface area contributed by atoms with Crippen molar-refractivity contribution in [3.05, 3.63) is 58.6 Å². The molecule has 1 atom stereocenters. The third-order valence-electron chi connectivity index (χ3n) is 3.95. The summed E-state index contributed by atoms with van der Waals surface area (Å²) in [4.78, 5) is 19.3. The van der Waals surface area contributed by atoms with E-state index in [-0.39, 0.29) is 0 Å². The molecule has 0 unspecified atom stereocenters. The molecule has 0 aliphatic rings. The quantitative estimate of drug-likeness (QED) is 0.493. The SMILES string of the molecule is C[C@@](N)(CCc1ccc(Sc2cccc(C(F)(F)F)c2)cc1Cl)CP(=O)(O)O. The zero-order valence-corrected chi connectivity index (χ0v) is 17.4. The fourth-order valence-corrected chi connectivity index (χ4v) is 4.99. The minimum atomic E-state index is -4.40. The molecule has 0 saturated carbocycles. The maximum atomic E-state index is 12.8. The van der Waals surface area contributed by atoms with Crippen LogP contribution in [0.2, 0.25) is 5.02 Å². The lowest BCUT2D eigenvalue weighted by Gasteiger charge is -2.25. The summed E-state index contributed by atoms with van der Waals surface area (Å²) in [5.74, 6) is 0. The molecule has 10 heteroatoms. The molecule has 28 heavy (non-hydrogen) atoms. The Morgan fingerprint density at radius 3 is 2.36 bits per heavy atom. The zero-order valence-electron chi connectivity index (χ0n) is 14.9. The van der Waals surface area contributed by atoms with E-state index in [9.17, 15) is 17.7 Å². The van der Waals surface area contributed by atoms with Crippen LogP contribution in [0.15, 0.2) is 52.3 Å². The Balaban J connectivity index is 2.07.